The van der Waals surface area contributed by atoms with Crippen LogP contribution in [0.4, 0.5) is 4.79 Å². The van der Waals surface area contributed by atoms with E-state index in [2.05, 4.69) is 0 Å². The van der Waals surface area contributed by atoms with Crippen LogP contribution in [0, 0.1) is 10.1 Å². The molecule has 18 heavy (non-hydrogen) atoms. The van der Waals surface area contributed by atoms with Gasteiger partial charge in [-0.1, -0.05) is 0 Å². The quantitative estimate of drug-likeness (QED) is 0.592. The molecule has 0 spiro atoms. The zero-order valence-electron chi connectivity index (χ0n) is 10.7. The van der Waals surface area contributed by atoms with Gasteiger partial charge in [-0.3, -0.25) is 15.0 Å². The number of nitro groups is 1. The lowest BCUT2D eigenvalue weighted by molar-refractivity contribution is -0.402. The molecule has 1 aliphatic heterocycles. The summed E-state index contributed by atoms with van der Waals surface area (Å²) in [7, 11) is 0. The Balaban J connectivity index is 2.72. The number of aliphatic hydroxyl groups is 1. The maximum Gasteiger partial charge on any atom is 0.410 e. The van der Waals surface area contributed by atoms with Crippen LogP contribution in [0.2, 0.25) is 0 Å². The van der Waals surface area contributed by atoms with Gasteiger partial charge in [-0.05, 0) is 27.2 Å². The van der Waals surface area contributed by atoms with Gasteiger partial charge >= 0.3 is 6.09 Å². The zero-order valence-corrected chi connectivity index (χ0v) is 10.7. The average molecular weight is 258 g/mol. The van der Waals surface area contributed by atoms with Gasteiger partial charge in [-0.25, -0.2) is 4.79 Å². The summed E-state index contributed by atoms with van der Waals surface area (Å²) in [6.07, 6.45) is 1.10. The van der Waals surface area contributed by atoms with Crippen LogP contribution < -0.4 is 0 Å². The second-order valence-electron chi connectivity index (χ2n) is 5.22. The van der Waals surface area contributed by atoms with Crippen LogP contribution in [0.3, 0.4) is 0 Å². The van der Waals surface area contributed by atoms with Gasteiger partial charge in [0, 0.05) is 6.08 Å². The van der Waals surface area contributed by atoms with E-state index in [1.54, 1.807) is 20.8 Å². The third-order valence-corrected chi connectivity index (χ3v) is 2.38. The zero-order chi connectivity index (χ0) is 13.9. The molecule has 7 nitrogen and oxygen atoms in total. The monoisotopic (exact) mass is 258 g/mol. The molecule has 0 aromatic carbocycles. The Bertz CT molecular complexity index is 361. The number of amides is 1. The summed E-state index contributed by atoms with van der Waals surface area (Å²) >= 11 is 0. The Morgan fingerprint density at radius 2 is 2.17 bits per heavy atom. The number of carbonyl (C=O) groups excluding carboxylic acids is 1. The molecule has 0 aromatic rings. The lowest BCUT2D eigenvalue weighted by Crippen LogP contribution is -2.39. The van der Waals surface area contributed by atoms with E-state index in [4.69, 9.17) is 4.74 Å². The fourth-order valence-electron chi connectivity index (χ4n) is 1.73. The minimum absolute atomic E-state index is 0.127. The smallest absolute Gasteiger partial charge is 0.410 e. The molecule has 1 saturated heterocycles. The first-order chi connectivity index (χ1) is 8.19. The summed E-state index contributed by atoms with van der Waals surface area (Å²) < 4.78 is 5.18. The van der Waals surface area contributed by atoms with Crippen LogP contribution in [0.5, 0.6) is 0 Å². The molecular formula is C11H18N2O5. The molecule has 1 aliphatic rings. The second kappa shape index (κ2) is 5.34. The van der Waals surface area contributed by atoms with E-state index in [1.165, 1.54) is 11.0 Å². The van der Waals surface area contributed by atoms with Gasteiger partial charge in [0.15, 0.2) is 0 Å². The van der Waals surface area contributed by atoms with E-state index in [9.17, 15) is 20.0 Å². The highest BCUT2D eigenvalue weighted by molar-refractivity contribution is 5.69. The molecule has 1 fully saturated rings. The molecular weight excluding hydrogens is 240 g/mol. The maximum atomic E-state index is 11.9. The molecule has 1 rings (SSSR count). The number of likely N-dealkylation sites (tertiary alicyclic amines) is 1. The van der Waals surface area contributed by atoms with Crippen molar-refractivity contribution < 1.29 is 19.6 Å². The maximum absolute atomic E-state index is 11.9. The number of β-amino-alcohol motifs (C(OH)–C–C–N with tert-alkyl or cyclic N) is 1. The van der Waals surface area contributed by atoms with E-state index in [-0.39, 0.29) is 13.0 Å². The van der Waals surface area contributed by atoms with Crippen molar-refractivity contribution >= 4 is 6.09 Å². The molecule has 0 aliphatic carbocycles. The normalized spacial score (nSPS) is 24.6. The van der Waals surface area contributed by atoms with E-state index < -0.39 is 28.8 Å². The Labute approximate surface area is 105 Å². The molecule has 0 saturated carbocycles. The van der Waals surface area contributed by atoms with Crippen molar-refractivity contribution in [2.75, 3.05) is 6.54 Å². The molecule has 1 heterocycles. The number of carbonyl (C=O) groups is 1. The number of rotatable bonds is 2. The first-order valence-corrected chi connectivity index (χ1v) is 5.68. The van der Waals surface area contributed by atoms with Crippen molar-refractivity contribution in [3.05, 3.63) is 22.4 Å². The molecule has 0 radical (unpaired) electrons. The Morgan fingerprint density at radius 3 is 2.67 bits per heavy atom. The molecule has 0 aromatic heterocycles. The fraction of sp³-hybridized carbons (Fsp3) is 0.727. The number of hydrogen-bond acceptors (Lipinski definition) is 5. The van der Waals surface area contributed by atoms with Gasteiger partial charge in [0.2, 0.25) is 6.20 Å². The standard InChI is InChI=1S/C11H18N2O5/c1-11(2,3)18-10(15)12-7-9(14)6-8(12)4-5-13(16)17/h4-5,8-9,14H,6-7H2,1-3H3/b5-4+/t8-,9-/m1/s1. The van der Waals surface area contributed by atoms with E-state index in [1.807, 2.05) is 0 Å². The Kier molecular flexibility index (Phi) is 4.28. The van der Waals surface area contributed by atoms with Crippen molar-refractivity contribution in [3.8, 4) is 0 Å². The van der Waals surface area contributed by atoms with Gasteiger partial charge in [0.1, 0.15) is 5.60 Å². The number of ether oxygens (including phenoxy) is 1. The summed E-state index contributed by atoms with van der Waals surface area (Å²) in [4.78, 5) is 22.8. The van der Waals surface area contributed by atoms with Gasteiger partial charge in [-0.2, -0.15) is 0 Å². The van der Waals surface area contributed by atoms with Gasteiger partial charge in [0.05, 0.1) is 23.6 Å². The highest BCUT2D eigenvalue weighted by Gasteiger charge is 2.35. The molecule has 1 amide bonds. The Hall–Kier alpha value is -1.63. The topological polar surface area (TPSA) is 92.9 Å². The molecule has 2 atom stereocenters. The Morgan fingerprint density at radius 1 is 1.56 bits per heavy atom. The van der Waals surface area contributed by atoms with Gasteiger partial charge in [0.25, 0.3) is 0 Å². The van der Waals surface area contributed by atoms with Crippen molar-refractivity contribution in [3.63, 3.8) is 0 Å². The van der Waals surface area contributed by atoms with Gasteiger partial charge in [-0.15, -0.1) is 0 Å². The van der Waals surface area contributed by atoms with Crippen LogP contribution in [-0.2, 0) is 4.74 Å². The second-order valence-corrected chi connectivity index (χ2v) is 5.22. The number of nitrogens with zero attached hydrogens (tertiary/aromatic N) is 2. The average Bonchev–Trinajstić information content (AvgIpc) is 2.54. The van der Waals surface area contributed by atoms with E-state index in [0.717, 1.165) is 6.20 Å². The highest BCUT2D eigenvalue weighted by atomic mass is 16.6. The minimum atomic E-state index is -0.682. The SMILES string of the molecule is CC(C)(C)OC(=O)N1C[C@H](O)C[C@H]1/C=C/[N+](=O)[O-]. The molecule has 102 valence electrons. The largest absolute Gasteiger partial charge is 0.444 e. The van der Waals surface area contributed by atoms with Crippen LogP contribution in [0.25, 0.3) is 0 Å². The molecule has 0 bridgehead atoms. The first-order valence-electron chi connectivity index (χ1n) is 5.68. The van der Waals surface area contributed by atoms with Crippen LogP contribution in [0.1, 0.15) is 27.2 Å². The summed E-state index contributed by atoms with van der Waals surface area (Å²) in [5, 5.41) is 19.8. The number of aliphatic hydroxyl groups excluding tert-OH is 1. The fourth-order valence-corrected chi connectivity index (χ4v) is 1.73. The third-order valence-electron chi connectivity index (χ3n) is 2.38. The van der Waals surface area contributed by atoms with Crippen molar-refractivity contribution in [2.24, 2.45) is 0 Å². The first kappa shape index (κ1) is 14.4. The lowest BCUT2D eigenvalue weighted by Gasteiger charge is -2.26. The summed E-state index contributed by atoms with van der Waals surface area (Å²) in [6.45, 7) is 5.33. The molecule has 1 N–H and O–H groups in total. The van der Waals surface area contributed by atoms with Crippen molar-refractivity contribution in [1.82, 2.24) is 4.90 Å². The number of hydrogen-bond donors (Lipinski definition) is 1. The van der Waals surface area contributed by atoms with Crippen LogP contribution in [-0.4, -0.2) is 45.3 Å². The van der Waals surface area contributed by atoms with Crippen molar-refractivity contribution in [1.29, 1.82) is 0 Å². The molecule has 0 unspecified atom stereocenters. The van der Waals surface area contributed by atoms with E-state index >= 15 is 0 Å². The summed E-state index contributed by atoms with van der Waals surface area (Å²) in [6, 6.07) is -0.500. The predicted molar refractivity (Wildman–Crippen MR) is 63.5 cm³/mol. The van der Waals surface area contributed by atoms with Gasteiger partial charge < -0.3 is 9.84 Å². The van der Waals surface area contributed by atoms with E-state index in [0.29, 0.717) is 0 Å². The van der Waals surface area contributed by atoms with Crippen LogP contribution in [0.15, 0.2) is 12.3 Å². The summed E-state index contributed by atoms with van der Waals surface area (Å²) in [5.74, 6) is 0. The minimum Gasteiger partial charge on any atom is -0.444 e. The third kappa shape index (κ3) is 4.33. The lowest BCUT2D eigenvalue weighted by atomic mass is 10.2. The van der Waals surface area contributed by atoms with Crippen LogP contribution >= 0.6 is 0 Å². The summed E-state index contributed by atoms with van der Waals surface area (Å²) in [5.41, 5.74) is -0.637. The van der Waals surface area contributed by atoms with Crippen molar-refractivity contribution in [2.45, 2.75) is 44.9 Å². The molecule has 7 heteroatoms. The highest BCUT2D eigenvalue weighted by Crippen LogP contribution is 2.22. The predicted octanol–water partition coefficient (Wildman–Crippen LogP) is 1.15.